The monoisotopic (exact) mass is 471 g/mol. The molecule has 0 aliphatic heterocycles. The molecule has 2 aromatic heterocycles. The third-order valence-corrected chi connectivity index (χ3v) is 6.19. The molecule has 0 radical (unpaired) electrons. The summed E-state index contributed by atoms with van der Waals surface area (Å²) in [7, 11) is -2.83. The van der Waals surface area contributed by atoms with Crippen molar-refractivity contribution in [3.63, 3.8) is 0 Å². The number of carboxylic acid groups (broad SMARTS) is 1. The van der Waals surface area contributed by atoms with E-state index in [1.165, 1.54) is 6.07 Å². The lowest BCUT2D eigenvalue weighted by atomic mass is 10.1. The predicted octanol–water partition coefficient (Wildman–Crippen LogP) is 1.71. The Morgan fingerprint density at radius 1 is 1.21 bits per heavy atom. The van der Waals surface area contributed by atoms with Gasteiger partial charge in [0.2, 0.25) is 0 Å². The normalized spacial score (nSPS) is 12.8. The molecule has 0 saturated heterocycles. The number of hydrogen-bond donors (Lipinski definition) is 5. The SMILES string of the molecule is Cc1cccc2[nH]c(Cc3nc4ccc(C(=O)N[C@@H](CP(=O)(O)O)C(=O)O)cc4n3C)nc12. The van der Waals surface area contributed by atoms with E-state index in [2.05, 4.69) is 20.3 Å². The lowest BCUT2D eigenvalue weighted by Crippen LogP contribution is -2.43. The summed E-state index contributed by atoms with van der Waals surface area (Å²) in [6.07, 6.45) is -0.562. The Kier molecular flexibility index (Phi) is 5.79. The van der Waals surface area contributed by atoms with Gasteiger partial charge in [-0.1, -0.05) is 12.1 Å². The van der Waals surface area contributed by atoms with Crippen LogP contribution in [-0.4, -0.2) is 58.5 Å². The van der Waals surface area contributed by atoms with Gasteiger partial charge in [0.25, 0.3) is 5.91 Å². The Labute approximate surface area is 187 Å². The predicted molar refractivity (Wildman–Crippen MR) is 120 cm³/mol. The van der Waals surface area contributed by atoms with Crippen LogP contribution in [0.1, 0.15) is 27.6 Å². The molecule has 0 aliphatic carbocycles. The molecule has 12 heteroatoms. The van der Waals surface area contributed by atoms with Crippen LogP contribution in [0.25, 0.3) is 22.1 Å². The van der Waals surface area contributed by atoms with Gasteiger partial charge in [-0.2, -0.15) is 0 Å². The Morgan fingerprint density at radius 3 is 2.64 bits per heavy atom. The number of aromatic amines is 1. The number of carbonyl (C=O) groups is 2. The number of rotatable bonds is 7. The maximum atomic E-state index is 12.6. The van der Waals surface area contributed by atoms with E-state index in [0.29, 0.717) is 23.3 Å². The van der Waals surface area contributed by atoms with Gasteiger partial charge in [0, 0.05) is 12.6 Å². The summed E-state index contributed by atoms with van der Waals surface area (Å²) in [6, 6.07) is 8.85. The number of fused-ring (bicyclic) bond motifs is 2. The van der Waals surface area contributed by atoms with E-state index in [4.69, 9.17) is 9.79 Å². The highest BCUT2D eigenvalue weighted by atomic mass is 31.2. The summed E-state index contributed by atoms with van der Waals surface area (Å²) in [6.45, 7) is 1.99. The van der Waals surface area contributed by atoms with Gasteiger partial charge >= 0.3 is 13.6 Å². The molecule has 172 valence electrons. The van der Waals surface area contributed by atoms with Gasteiger partial charge in [-0.15, -0.1) is 0 Å². The standard InChI is InChI=1S/C21H22N5O6P/c1-11-4-3-5-14-19(11)25-17(22-14)9-18-23-13-7-6-12(8-16(13)26(18)2)20(27)24-15(21(28)29)10-33(30,31)32/h3-8,15H,9-10H2,1-2H3,(H,22,25)(H,24,27)(H,28,29)(H2,30,31,32)/t15-/m0/s1. The van der Waals surface area contributed by atoms with Crippen molar-refractivity contribution in [1.82, 2.24) is 24.8 Å². The lowest BCUT2D eigenvalue weighted by Gasteiger charge is -2.15. The molecule has 0 aliphatic rings. The van der Waals surface area contributed by atoms with Crippen molar-refractivity contribution >= 4 is 41.5 Å². The van der Waals surface area contributed by atoms with Crippen LogP contribution in [0.5, 0.6) is 0 Å². The largest absolute Gasteiger partial charge is 0.480 e. The molecule has 11 nitrogen and oxygen atoms in total. The number of hydrogen-bond acceptors (Lipinski definition) is 5. The van der Waals surface area contributed by atoms with E-state index in [-0.39, 0.29) is 5.56 Å². The fourth-order valence-electron chi connectivity index (χ4n) is 3.66. The average molecular weight is 471 g/mol. The molecule has 0 saturated carbocycles. The van der Waals surface area contributed by atoms with Crippen molar-refractivity contribution in [2.45, 2.75) is 19.4 Å². The Balaban J connectivity index is 1.59. The quantitative estimate of drug-likeness (QED) is 0.254. The minimum Gasteiger partial charge on any atom is -0.480 e. The van der Waals surface area contributed by atoms with Crippen LogP contribution < -0.4 is 5.32 Å². The molecule has 33 heavy (non-hydrogen) atoms. The van der Waals surface area contributed by atoms with E-state index in [1.54, 1.807) is 19.2 Å². The van der Waals surface area contributed by atoms with Crippen LogP contribution in [0.4, 0.5) is 0 Å². The molecule has 0 unspecified atom stereocenters. The molecule has 0 fully saturated rings. The number of aryl methyl sites for hydroxylation is 2. The summed E-state index contributed by atoms with van der Waals surface area (Å²) >= 11 is 0. The van der Waals surface area contributed by atoms with Crippen molar-refractivity contribution in [1.29, 1.82) is 0 Å². The molecule has 0 spiro atoms. The number of aliphatic carboxylic acids is 1. The van der Waals surface area contributed by atoms with Crippen molar-refractivity contribution < 1.29 is 29.0 Å². The third kappa shape index (κ3) is 4.80. The number of para-hydroxylation sites is 1. The average Bonchev–Trinajstić information content (AvgIpc) is 3.28. The number of nitrogens with one attached hydrogen (secondary N) is 2. The van der Waals surface area contributed by atoms with Crippen molar-refractivity contribution in [3.8, 4) is 0 Å². The van der Waals surface area contributed by atoms with Crippen LogP contribution in [-0.2, 0) is 22.8 Å². The Bertz CT molecular complexity index is 1440. The summed E-state index contributed by atoms with van der Waals surface area (Å²) in [4.78, 5) is 54.5. The summed E-state index contributed by atoms with van der Waals surface area (Å²) in [5.41, 5.74) is 4.33. The number of carboxylic acids is 1. The fourth-order valence-corrected chi connectivity index (χ4v) is 4.39. The fraction of sp³-hybridized carbons (Fsp3) is 0.238. The van der Waals surface area contributed by atoms with Gasteiger partial charge in [0.15, 0.2) is 0 Å². The summed E-state index contributed by atoms with van der Waals surface area (Å²) < 4.78 is 13.0. The van der Waals surface area contributed by atoms with E-state index in [1.807, 2.05) is 29.7 Å². The summed E-state index contributed by atoms with van der Waals surface area (Å²) in [5, 5.41) is 11.3. The van der Waals surface area contributed by atoms with Gasteiger partial charge < -0.3 is 29.8 Å². The van der Waals surface area contributed by atoms with Gasteiger partial charge in [-0.05, 0) is 36.8 Å². The topological polar surface area (TPSA) is 170 Å². The van der Waals surface area contributed by atoms with Gasteiger partial charge in [-0.3, -0.25) is 9.36 Å². The second-order valence-electron chi connectivity index (χ2n) is 7.83. The van der Waals surface area contributed by atoms with Crippen LogP contribution in [0.15, 0.2) is 36.4 Å². The number of aromatic nitrogens is 4. The second-order valence-corrected chi connectivity index (χ2v) is 9.53. The maximum Gasteiger partial charge on any atom is 0.328 e. The summed E-state index contributed by atoms with van der Waals surface area (Å²) in [5.74, 6) is -0.827. The minimum atomic E-state index is -4.63. The zero-order valence-electron chi connectivity index (χ0n) is 17.8. The number of H-pyrrole nitrogens is 1. The molecule has 2 heterocycles. The number of carbonyl (C=O) groups excluding carboxylic acids is 1. The molecule has 0 bridgehead atoms. The highest BCUT2D eigenvalue weighted by Gasteiger charge is 2.29. The van der Waals surface area contributed by atoms with Crippen LogP contribution in [0.3, 0.4) is 0 Å². The van der Waals surface area contributed by atoms with Crippen molar-refractivity contribution in [2.75, 3.05) is 6.16 Å². The highest BCUT2D eigenvalue weighted by Crippen LogP contribution is 2.35. The molecular formula is C21H22N5O6P. The van der Waals surface area contributed by atoms with Crippen LogP contribution in [0.2, 0.25) is 0 Å². The number of benzene rings is 2. The number of nitrogens with zero attached hydrogens (tertiary/aromatic N) is 3. The molecule has 4 rings (SSSR count). The Hall–Kier alpha value is -3.53. The van der Waals surface area contributed by atoms with Crippen LogP contribution in [0, 0.1) is 6.92 Å². The van der Waals surface area contributed by atoms with E-state index in [9.17, 15) is 19.3 Å². The van der Waals surface area contributed by atoms with Gasteiger partial charge in [-0.25, -0.2) is 14.8 Å². The highest BCUT2D eigenvalue weighted by molar-refractivity contribution is 7.51. The van der Waals surface area contributed by atoms with Crippen molar-refractivity contribution in [3.05, 3.63) is 59.2 Å². The molecule has 5 N–H and O–H groups in total. The molecule has 2 aromatic carbocycles. The molecule has 1 amide bonds. The molecule has 4 aromatic rings. The van der Waals surface area contributed by atoms with Gasteiger partial charge in [0.05, 0.1) is 34.6 Å². The van der Waals surface area contributed by atoms with E-state index < -0.39 is 31.7 Å². The first-order valence-corrected chi connectivity index (χ1v) is 11.8. The van der Waals surface area contributed by atoms with Crippen molar-refractivity contribution in [2.24, 2.45) is 7.05 Å². The first-order chi connectivity index (χ1) is 15.5. The zero-order chi connectivity index (χ0) is 23.9. The van der Waals surface area contributed by atoms with E-state index >= 15 is 0 Å². The number of amides is 1. The second kappa shape index (κ2) is 8.43. The smallest absolute Gasteiger partial charge is 0.328 e. The third-order valence-electron chi connectivity index (χ3n) is 5.35. The van der Waals surface area contributed by atoms with Crippen LogP contribution >= 0.6 is 7.60 Å². The first kappa shape index (κ1) is 22.7. The number of imidazole rings is 2. The molecule has 1 atom stereocenters. The zero-order valence-corrected chi connectivity index (χ0v) is 18.7. The van der Waals surface area contributed by atoms with E-state index in [0.717, 1.165) is 22.4 Å². The Morgan fingerprint density at radius 2 is 1.97 bits per heavy atom. The lowest BCUT2D eigenvalue weighted by molar-refractivity contribution is -0.138. The maximum absolute atomic E-state index is 12.6. The van der Waals surface area contributed by atoms with Gasteiger partial charge in [0.1, 0.15) is 17.7 Å². The molecular weight excluding hydrogens is 449 g/mol. The minimum absolute atomic E-state index is 0.147. The first-order valence-electron chi connectivity index (χ1n) is 9.99.